The molecule has 2 N–H and O–H groups in total. The zero-order chi connectivity index (χ0) is 36.0. The van der Waals surface area contributed by atoms with Gasteiger partial charge in [-0.2, -0.15) is 0 Å². The molecule has 4 aliphatic rings. The van der Waals surface area contributed by atoms with E-state index in [9.17, 15) is 15.0 Å². The number of aliphatic carboxylic acids is 1. The van der Waals surface area contributed by atoms with E-state index in [4.69, 9.17) is 23.7 Å². The molecule has 4 atom stereocenters. The molecule has 0 amide bonds. The molecule has 0 spiro atoms. The predicted octanol–water partition coefficient (Wildman–Crippen LogP) is 7.24. The molecule has 6 bridgehead atoms. The molecule has 0 saturated heterocycles. The molecule has 268 valence electrons. The molecule has 0 saturated carbocycles. The highest BCUT2D eigenvalue weighted by molar-refractivity contribution is 5.72. The summed E-state index contributed by atoms with van der Waals surface area (Å²) in [7, 11) is 8.94. The Hall–Kier alpha value is -4.93. The first-order valence-electron chi connectivity index (χ1n) is 17.6. The van der Waals surface area contributed by atoms with Gasteiger partial charge in [0, 0.05) is 43.0 Å². The highest BCUT2D eigenvalue weighted by Crippen LogP contribution is 2.52. The summed E-state index contributed by atoms with van der Waals surface area (Å²) in [6.45, 7) is 3.40. The van der Waals surface area contributed by atoms with E-state index in [1.807, 2.05) is 55.5 Å². The van der Waals surface area contributed by atoms with Crippen LogP contribution < -0.4 is 23.7 Å². The van der Waals surface area contributed by atoms with Crippen LogP contribution in [0, 0.1) is 0 Å². The average molecular weight is 696 g/mol. The SMILES string of the molecule is CCC(C(=O)O)[N+]1(C)CCc2cc(OC)c3cc2C1Cc1ccc(cc1)Oc1cc(ccc1OC)CC1c2c(cc(OC)c(O)c2O3)CCN1C. The van der Waals surface area contributed by atoms with Gasteiger partial charge in [0.05, 0.1) is 34.9 Å². The fourth-order valence-corrected chi connectivity index (χ4v) is 8.51. The minimum Gasteiger partial charge on any atom is -0.502 e. The minimum atomic E-state index is -0.809. The summed E-state index contributed by atoms with van der Waals surface area (Å²) in [6.07, 6.45) is 3.11. The molecule has 10 nitrogen and oxygen atoms in total. The zero-order valence-electron chi connectivity index (χ0n) is 30.2. The molecule has 0 aromatic heterocycles. The summed E-state index contributed by atoms with van der Waals surface area (Å²) in [5.41, 5.74) is 6.10. The standard InChI is InChI=1S/C41H46N2O8/c1-7-31(41(45)46)43(3)17-15-26-21-34(48-5)36-23-29(26)32(43)19-24-8-11-28(12-9-24)50-35-20-25(10-13-33(35)47-4)18-30-38-27(14-16-42(30)2)22-37(49-6)39(44)40(38)51-36/h8-13,20-23,30-32H,7,14-19H2,1-6H3,(H-,44,45,46)/p+1. The molecule has 51 heavy (non-hydrogen) atoms. The van der Waals surface area contributed by atoms with Gasteiger partial charge >= 0.3 is 5.97 Å². The first-order chi connectivity index (χ1) is 24.6. The lowest BCUT2D eigenvalue weighted by atomic mass is 9.84. The predicted molar refractivity (Wildman–Crippen MR) is 193 cm³/mol. The van der Waals surface area contributed by atoms with Crippen LogP contribution in [0.5, 0.6) is 46.0 Å². The van der Waals surface area contributed by atoms with Crippen molar-refractivity contribution in [3.63, 3.8) is 0 Å². The topological polar surface area (TPSA) is 107 Å². The lowest BCUT2D eigenvalue weighted by molar-refractivity contribution is -0.956. The van der Waals surface area contributed by atoms with Crippen molar-refractivity contribution in [2.45, 2.75) is 57.2 Å². The number of likely N-dealkylation sites (N-methyl/N-ethyl adjacent to an activating group) is 2. The van der Waals surface area contributed by atoms with Crippen molar-refractivity contribution < 1.29 is 43.2 Å². The van der Waals surface area contributed by atoms with Gasteiger partial charge in [0.15, 0.2) is 40.5 Å². The van der Waals surface area contributed by atoms with Crippen LogP contribution in [0.4, 0.5) is 0 Å². The number of benzene rings is 4. The number of phenols is 1. The highest BCUT2D eigenvalue weighted by atomic mass is 16.5. The smallest absolute Gasteiger partial charge is 0.362 e. The van der Waals surface area contributed by atoms with Crippen molar-refractivity contribution in [1.82, 2.24) is 4.90 Å². The summed E-state index contributed by atoms with van der Waals surface area (Å²) in [5.74, 6) is 2.65. The van der Waals surface area contributed by atoms with Crippen LogP contribution in [0.25, 0.3) is 0 Å². The zero-order valence-corrected chi connectivity index (χ0v) is 30.2. The fourth-order valence-electron chi connectivity index (χ4n) is 8.51. The number of rotatable bonds is 6. The minimum absolute atomic E-state index is 0.0851. The molecule has 4 heterocycles. The van der Waals surface area contributed by atoms with Gasteiger partial charge in [-0.3, -0.25) is 4.90 Å². The number of carbonyl (C=O) groups is 1. The number of quaternary nitrogens is 1. The Morgan fingerprint density at radius 3 is 2.25 bits per heavy atom. The van der Waals surface area contributed by atoms with Gasteiger partial charge < -0.3 is 38.4 Å². The number of hydrogen-bond acceptors (Lipinski definition) is 8. The Morgan fingerprint density at radius 2 is 1.57 bits per heavy atom. The maximum atomic E-state index is 12.8. The molecule has 4 aliphatic heterocycles. The van der Waals surface area contributed by atoms with Gasteiger partial charge in [-0.1, -0.05) is 25.1 Å². The van der Waals surface area contributed by atoms with Gasteiger partial charge in [0.1, 0.15) is 11.8 Å². The number of carboxylic acid groups (broad SMARTS) is 1. The Labute approximate surface area is 299 Å². The normalized spacial score (nSPS) is 21.6. The van der Waals surface area contributed by atoms with Crippen molar-refractivity contribution >= 4 is 5.97 Å². The maximum Gasteiger partial charge on any atom is 0.362 e. The van der Waals surface area contributed by atoms with Crippen LogP contribution in [0.3, 0.4) is 0 Å². The number of nitrogens with zero attached hydrogens (tertiary/aromatic N) is 2. The number of carboxylic acids is 1. The van der Waals surface area contributed by atoms with E-state index in [-0.39, 0.29) is 17.8 Å². The van der Waals surface area contributed by atoms with E-state index < -0.39 is 12.0 Å². The largest absolute Gasteiger partial charge is 0.502 e. The summed E-state index contributed by atoms with van der Waals surface area (Å²) in [6, 6.07) is 19.0. The van der Waals surface area contributed by atoms with Crippen molar-refractivity contribution in [3.05, 3.63) is 94.0 Å². The quantitative estimate of drug-likeness (QED) is 0.202. The van der Waals surface area contributed by atoms with Crippen LogP contribution in [-0.4, -0.2) is 80.1 Å². The number of ether oxygens (including phenoxy) is 5. The lowest BCUT2D eigenvalue weighted by Crippen LogP contribution is -2.60. The Balaban J connectivity index is 1.48. The lowest BCUT2D eigenvalue weighted by Gasteiger charge is -2.49. The van der Waals surface area contributed by atoms with E-state index in [2.05, 4.69) is 31.1 Å². The first kappa shape index (κ1) is 34.5. The second kappa shape index (κ2) is 13.7. The van der Waals surface area contributed by atoms with E-state index >= 15 is 0 Å². The third-order valence-electron chi connectivity index (χ3n) is 11.4. The van der Waals surface area contributed by atoms with E-state index in [0.717, 1.165) is 46.3 Å². The second-order valence-corrected chi connectivity index (χ2v) is 14.1. The second-order valence-electron chi connectivity index (χ2n) is 14.1. The molecule has 4 unspecified atom stereocenters. The number of aromatic hydroxyl groups is 1. The van der Waals surface area contributed by atoms with Gasteiger partial charge in [-0.05, 0) is 84.6 Å². The van der Waals surface area contributed by atoms with Gasteiger partial charge in [-0.25, -0.2) is 4.79 Å². The van der Waals surface area contributed by atoms with Crippen molar-refractivity contribution in [2.75, 3.05) is 48.5 Å². The molecule has 10 heteroatoms. The third kappa shape index (κ3) is 6.10. The van der Waals surface area contributed by atoms with Crippen LogP contribution in [0.2, 0.25) is 0 Å². The van der Waals surface area contributed by atoms with Gasteiger partial charge in [0.25, 0.3) is 0 Å². The highest BCUT2D eigenvalue weighted by Gasteiger charge is 2.47. The Kier molecular flexibility index (Phi) is 9.24. The van der Waals surface area contributed by atoms with E-state index in [0.29, 0.717) is 77.0 Å². The number of hydrogen-bond donors (Lipinski definition) is 2. The average Bonchev–Trinajstić information content (AvgIpc) is 3.12. The van der Waals surface area contributed by atoms with Crippen LogP contribution >= 0.6 is 0 Å². The number of fused-ring (bicyclic) bond motifs is 2. The summed E-state index contributed by atoms with van der Waals surface area (Å²) in [5, 5.41) is 22.3. The molecule has 8 rings (SSSR count). The van der Waals surface area contributed by atoms with Crippen LogP contribution in [0.15, 0.2) is 60.7 Å². The molecule has 0 fully saturated rings. The van der Waals surface area contributed by atoms with E-state index in [1.165, 1.54) is 0 Å². The van der Waals surface area contributed by atoms with Crippen molar-refractivity contribution in [2.24, 2.45) is 0 Å². The van der Waals surface area contributed by atoms with Crippen LogP contribution in [-0.2, 0) is 30.5 Å². The van der Waals surface area contributed by atoms with Crippen LogP contribution in [0.1, 0.15) is 58.8 Å². The third-order valence-corrected chi connectivity index (χ3v) is 11.4. The summed E-state index contributed by atoms with van der Waals surface area (Å²) < 4.78 is 31.0. The number of phenolic OH excluding ortho intramolecular Hbond substituents is 1. The molecule has 0 aliphatic carbocycles. The molecule has 4 aromatic carbocycles. The van der Waals surface area contributed by atoms with Gasteiger partial charge in [0.2, 0.25) is 5.75 Å². The summed E-state index contributed by atoms with van der Waals surface area (Å²) >= 11 is 0. The Morgan fingerprint density at radius 1 is 0.882 bits per heavy atom. The van der Waals surface area contributed by atoms with Gasteiger partial charge in [-0.15, -0.1) is 0 Å². The molecule has 4 aromatic rings. The maximum absolute atomic E-state index is 12.8. The first-order valence-corrected chi connectivity index (χ1v) is 17.6. The monoisotopic (exact) mass is 695 g/mol. The van der Waals surface area contributed by atoms with Crippen molar-refractivity contribution in [3.8, 4) is 46.0 Å². The number of methoxy groups -OCH3 is 3. The van der Waals surface area contributed by atoms with E-state index in [1.54, 1.807) is 21.3 Å². The molecular weight excluding hydrogens is 648 g/mol. The van der Waals surface area contributed by atoms with Crippen molar-refractivity contribution in [1.29, 1.82) is 0 Å². The summed E-state index contributed by atoms with van der Waals surface area (Å²) in [4.78, 5) is 15.1. The molecular formula is C41H47N2O8+. The Bertz CT molecular complexity index is 1960. The molecule has 0 radical (unpaired) electrons. The fraction of sp³-hybridized carbons (Fsp3) is 0.390.